The molecule has 3 heterocycles. The summed E-state index contributed by atoms with van der Waals surface area (Å²) in [6.07, 6.45) is 1.69. The van der Waals surface area contributed by atoms with E-state index in [1.165, 1.54) is 11.3 Å². The van der Waals surface area contributed by atoms with E-state index in [1.807, 2.05) is 46.7 Å². The third kappa shape index (κ3) is 3.52. The van der Waals surface area contributed by atoms with Gasteiger partial charge < -0.3 is 9.42 Å². The number of aromatic nitrogens is 2. The van der Waals surface area contributed by atoms with Gasteiger partial charge in [0.05, 0.1) is 4.88 Å². The molecular weight excluding hydrogens is 402 g/mol. The molecule has 0 saturated carbocycles. The van der Waals surface area contributed by atoms with Gasteiger partial charge in [0.15, 0.2) is 0 Å². The summed E-state index contributed by atoms with van der Waals surface area (Å²) in [5, 5.41) is 6.04. The number of thiophene rings is 1. The predicted octanol–water partition coefficient (Wildman–Crippen LogP) is 4.58. The third-order valence-electron chi connectivity index (χ3n) is 4.41. The molecule has 3 aromatic rings. The number of carbonyl (C=O) groups excluding carboxylic acids is 1. The molecule has 0 N–H and O–H groups in total. The highest BCUT2D eigenvalue weighted by Gasteiger charge is 2.28. The van der Waals surface area contributed by atoms with Gasteiger partial charge in [-0.2, -0.15) is 4.98 Å². The fraction of sp³-hybridized carbons (Fsp3) is 0.278. The molecule has 0 atom stereocenters. The first kappa shape index (κ1) is 16.5. The van der Waals surface area contributed by atoms with Crippen molar-refractivity contribution in [3.8, 4) is 11.4 Å². The molecule has 0 bridgehead atoms. The van der Waals surface area contributed by atoms with Crippen LogP contribution in [0.25, 0.3) is 11.4 Å². The van der Waals surface area contributed by atoms with E-state index in [1.54, 1.807) is 0 Å². The topological polar surface area (TPSA) is 59.2 Å². The van der Waals surface area contributed by atoms with Crippen LogP contribution in [-0.2, 0) is 0 Å². The molecule has 7 heteroatoms. The van der Waals surface area contributed by atoms with Crippen LogP contribution in [0.2, 0.25) is 0 Å². The Morgan fingerprint density at radius 3 is 2.64 bits per heavy atom. The van der Waals surface area contributed by atoms with Gasteiger partial charge in [0.25, 0.3) is 5.91 Å². The van der Waals surface area contributed by atoms with Crippen molar-refractivity contribution in [2.45, 2.75) is 18.8 Å². The standard InChI is InChI=1S/C18H16BrN3O2S/c19-14-5-3-12(4-6-14)16-20-17(24-21-16)13-7-9-22(10-8-13)18(23)15-2-1-11-25-15/h1-6,11,13H,7-10H2. The van der Waals surface area contributed by atoms with E-state index in [2.05, 4.69) is 26.1 Å². The van der Waals surface area contributed by atoms with Gasteiger partial charge in [0.1, 0.15) is 0 Å². The lowest BCUT2D eigenvalue weighted by Crippen LogP contribution is -2.37. The Hall–Kier alpha value is -1.99. The molecule has 1 aromatic carbocycles. The zero-order chi connectivity index (χ0) is 17.2. The van der Waals surface area contributed by atoms with Crippen molar-refractivity contribution in [2.24, 2.45) is 0 Å². The Bertz CT molecular complexity index is 853. The molecule has 5 nitrogen and oxygen atoms in total. The number of benzene rings is 1. The fourth-order valence-electron chi connectivity index (χ4n) is 3.00. The van der Waals surface area contributed by atoms with Crippen LogP contribution in [-0.4, -0.2) is 34.0 Å². The number of rotatable bonds is 3. The minimum atomic E-state index is 0.120. The molecular formula is C18H16BrN3O2S. The highest BCUT2D eigenvalue weighted by atomic mass is 79.9. The lowest BCUT2D eigenvalue weighted by atomic mass is 9.96. The van der Waals surface area contributed by atoms with E-state index in [0.717, 1.165) is 40.8 Å². The quantitative estimate of drug-likeness (QED) is 0.625. The van der Waals surface area contributed by atoms with Crippen LogP contribution >= 0.6 is 27.3 Å². The number of hydrogen-bond acceptors (Lipinski definition) is 5. The number of piperidine rings is 1. The molecule has 25 heavy (non-hydrogen) atoms. The number of nitrogens with zero attached hydrogens (tertiary/aromatic N) is 3. The van der Waals surface area contributed by atoms with E-state index >= 15 is 0 Å². The van der Waals surface area contributed by atoms with Crippen molar-refractivity contribution in [3.05, 3.63) is 57.0 Å². The van der Waals surface area contributed by atoms with Gasteiger partial charge in [-0.3, -0.25) is 4.79 Å². The van der Waals surface area contributed by atoms with Crippen LogP contribution in [0, 0.1) is 0 Å². The first-order chi connectivity index (χ1) is 12.2. The number of likely N-dealkylation sites (tertiary alicyclic amines) is 1. The Morgan fingerprint density at radius 2 is 1.96 bits per heavy atom. The van der Waals surface area contributed by atoms with E-state index < -0.39 is 0 Å². The molecule has 1 aliphatic heterocycles. The lowest BCUT2D eigenvalue weighted by molar-refractivity contribution is 0.0709. The van der Waals surface area contributed by atoms with Crippen molar-refractivity contribution in [2.75, 3.05) is 13.1 Å². The van der Waals surface area contributed by atoms with E-state index in [0.29, 0.717) is 11.7 Å². The van der Waals surface area contributed by atoms with E-state index in [4.69, 9.17) is 4.52 Å². The minimum absolute atomic E-state index is 0.120. The summed E-state index contributed by atoms with van der Waals surface area (Å²) >= 11 is 4.91. The molecule has 1 fully saturated rings. The molecule has 0 aliphatic carbocycles. The van der Waals surface area contributed by atoms with Gasteiger partial charge in [-0.15, -0.1) is 11.3 Å². The molecule has 0 unspecified atom stereocenters. The van der Waals surface area contributed by atoms with E-state index in [-0.39, 0.29) is 11.8 Å². The Kier molecular flexibility index (Phi) is 4.67. The van der Waals surface area contributed by atoms with Crippen LogP contribution in [0.15, 0.2) is 50.8 Å². The summed E-state index contributed by atoms with van der Waals surface area (Å²) in [6, 6.07) is 11.6. The molecule has 0 spiro atoms. The maximum absolute atomic E-state index is 12.4. The summed E-state index contributed by atoms with van der Waals surface area (Å²) in [7, 11) is 0. The van der Waals surface area contributed by atoms with Crippen LogP contribution in [0.1, 0.15) is 34.3 Å². The molecule has 0 radical (unpaired) electrons. The van der Waals surface area contributed by atoms with Crippen molar-refractivity contribution in [1.82, 2.24) is 15.0 Å². The minimum Gasteiger partial charge on any atom is -0.339 e. The zero-order valence-corrected chi connectivity index (χ0v) is 15.8. The summed E-state index contributed by atoms with van der Waals surface area (Å²) in [5.41, 5.74) is 0.934. The van der Waals surface area contributed by atoms with Gasteiger partial charge in [0, 0.05) is 29.0 Å². The van der Waals surface area contributed by atoms with Gasteiger partial charge in [-0.1, -0.05) is 27.2 Å². The van der Waals surface area contributed by atoms with Gasteiger partial charge in [-0.25, -0.2) is 0 Å². The first-order valence-corrected chi connectivity index (χ1v) is 9.80. The van der Waals surface area contributed by atoms with Crippen LogP contribution < -0.4 is 0 Å². The van der Waals surface area contributed by atoms with Crippen LogP contribution in [0.4, 0.5) is 0 Å². The molecule has 1 saturated heterocycles. The highest BCUT2D eigenvalue weighted by Crippen LogP contribution is 2.29. The number of carbonyl (C=O) groups is 1. The number of amides is 1. The summed E-state index contributed by atoms with van der Waals surface area (Å²) in [5.74, 6) is 1.61. The maximum Gasteiger partial charge on any atom is 0.263 e. The average Bonchev–Trinajstić information content (AvgIpc) is 3.34. The van der Waals surface area contributed by atoms with Crippen LogP contribution in [0.3, 0.4) is 0 Å². The van der Waals surface area contributed by atoms with Crippen molar-refractivity contribution >= 4 is 33.2 Å². The highest BCUT2D eigenvalue weighted by molar-refractivity contribution is 9.10. The van der Waals surface area contributed by atoms with E-state index in [9.17, 15) is 4.79 Å². The lowest BCUT2D eigenvalue weighted by Gasteiger charge is -2.30. The van der Waals surface area contributed by atoms with Gasteiger partial charge in [-0.05, 0) is 48.6 Å². The average molecular weight is 418 g/mol. The Morgan fingerprint density at radius 1 is 1.20 bits per heavy atom. The maximum atomic E-state index is 12.4. The second kappa shape index (κ2) is 7.09. The number of hydrogen-bond donors (Lipinski definition) is 0. The van der Waals surface area contributed by atoms with Gasteiger partial charge in [0.2, 0.25) is 11.7 Å². The second-order valence-electron chi connectivity index (χ2n) is 6.01. The third-order valence-corrected chi connectivity index (χ3v) is 5.79. The van der Waals surface area contributed by atoms with Gasteiger partial charge >= 0.3 is 0 Å². The smallest absolute Gasteiger partial charge is 0.263 e. The van der Waals surface area contributed by atoms with Crippen molar-refractivity contribution in [3.63, 3.8) is 0 Å². The largest absolute Gasteiger partial charge is 0.339 e. The second-order valence-corrected chi connectivity index (χ2v) is 7.87. The predicted molar refractivity (Wildman–Crippen MR) is 99.6 cm³/mol. The fourth-order valence-corrected chi connectivity index (χ4v) is 3.96. The molecule has 4 rings (SSSR count). The molecule has 2 aromatic heterocycles. The molecule has 1 amide bonds. The summed E-state index contributed by atoms with van der Waals surface area (Å²) in [6.45, 7) is 1.44. The van der Waals surface area contributed by atoms with Crippen molar-refractivity contribution < 1.29 is 9.32 Å². The first-order valence-electron chi connectivity index (χ1n) is 8.13. The molecule has 128 valence electrons. The van der Waals surface area contributed by atoms with Crippen molar-refractivity contribution in [1.29, 1.82) is 0 Å². The summed E-state index contributed by atoms with van der Waals surface area (Å²) in [4.78, 5) is 19.7. The summed E-state index contributed by atoms with van der Waals surface area (Å²) < 4.78 is 6.50. The monoisotopic (exact) mass is 417 g/mol. The Balaban J connectivity index is 1.41. The normalized spacial score (nSPS) is 15.5. The number of halogens is 1. The SMILES string of the molecule is O=C(c1cccs1)N1CCC(c2nc(-c3ccc(Br)cc3)no2)CC1. The van der Waals surface area contributed by atoms with Crippen LogP contribution in [0.5, 0.6) is 0 Å². The Labute approximate surface area is 157 Å². The molecule has 1 aliphatic rings. The zero-order valence-electron chi connectivity index (χ0n) is 13.4.